The summed E-state index contributed by atoms with van der Waals surface area (Å²) in [6.45, 7) is 11.0. The first-order chi connectivity index (χ1) is 18.2. The monoisotopic (exact) mass is 521 g/mol. The van der Waals surface area contributed by atoms with Crippen LogP contribution in [0.15, 0.2) is 79.1 Å². The molecule has 0 bridgehead atoms. The lowest BCUT2D eigenvalue weighted by Gasteiger charge is -2.16. The maximum absolute atomic E-state index is 13.1. The van der Waals surface area contributed by atoms with Gasteiger partial charge in [-0.1, -0.05) is 37.4 Å². The van der Waals surface area contributed by atoms with Gasteiger partial charge in [0.25, 0.3) is 5.91 Å². The van der Waals surface area contributed by atoms with E-state index in [-0.39, 0.29) is 50.1 Å². The molecule has 0 heterocycles. The first kappa shape index (κ1) is 28.1. The minimum absolute atomic E-state index is 0.00755. The molecule has 0 aromatic heterocycles. The van der Waals surface area contributed by atoms with E-state index in [0.29, 0.717) is 22.9 Å². The van der Waals surface area contributed by atoms with Crippen LogP contribution < -0.4 is 14.8 Å². The molecule has 0 aliphatic carbocycles. The predicted octanol–water partition coefficient (Wildman–Crippen LogP) is 5.20. The number of benzene rings is 3. The molecule has 9 heteroatoms. The molecule has 0 atom stereocenters. The normalized spacial score (nSPS) is 10.5. The van der Waals surface area contributed by atoms with Crippen molar-refractivity contribution < 1.29 is 38.4 Å². The number of ether oxygens (including phenoxy) is 5. The van der Waals surface area contributed by atoms with Gasteiger partial charge in [0, 0.05) is 11.6 Å². The van der Waals surface area contributed by atoms with Gasteiger partial charge in [-0.25, -0.2) is 4.79 Å². The molecule has 9 nitrogen and oxygen atoms in total. The fourth-order valence-electron chi connectivity index (χ4n) is 3.25. The minimum atomic E-state index is -0.538. The number of carbonyl (C=O) groups is 2. The van der Waals surface area contributed by atoms with Crippen molar-refractivity contribution in [1.82, 2.24) is 0 Å². The lowest BCUT2D eigenvalue weighted by Crippen LogP contribution is -2.16. The van der Waals surface area contributed by atoms with E-state index in [4.69, 9.17) is 23.7 Å². The highest BCUT2D eigenvalue weighted by molar-refractivity contribution is 6.09. The van der Waals surface area contributed by atoms with E-state index in [0.717, 1.165) is 10.8 Å². The summed E-state index contributed by atoms with van der Waals surface area (Å²) in [6, 6.07) is 15.4. The summed E-state index contributed by atoms with van der Waals surface area (Å²) in [7, 11) is 0. The van der Waals surface area contributed by atoms with Gasteiger partial charge in [-0.3, -0.25) is 4.79 Å². The zero-order chi connectivity index (χ0) is 27.5. The van der Waals surface area contributed by atoms with Crippen LogP contribution in [0.5, 0.6) is 17.2 Å². The van der Waals surface area contributed by atoms with E-state index >= 15 is 0 Å². The number of amides is 1. The summed E-state index contributed by atoms with van der Waals surface area (Å²) in [5.41, 5.74) is 0.685. The lowest BCUT2D eigenvalue weighted by atomic mass is 10.1. The van der Waals surface area contributed by atoms with Crippen LogP contribution in [0.2, 0.25) is 0 Å². The van der Waals surface area contributed by atoms with Crippen LogP contribution >= 0.6 is 0 Å². The molecule has 0 saturated heterocycles. The summed E-state index contributed by atoms with van der Waals surface area (Å²) >= 11 is 0. The van der Waals surface area contributed by atoms with Crippen LogP contribution in [-0.2, 0) is 19.0 Å². The topological polar surface area (TPSA) is 113 Å². The number of allylic oxidation sites excluding steroid dienone is 1. The molecule has 3 rings (SSSR count). The second kappa shape index (κ2) is 13.7. The second-order valence-corrected chi connectivity index (χ2v) is 8.31. The first-order valence-electron chi connectivity index (χ1n) is 11.9. The number of phenols is 1. The fraction of sp³-hybridized carbons (Fsp3) is 0.241. The third kappa shape index (κ3) is 8.28. The van der Waals surface area contributed by atoms with E-state index < -0.39 is 11.9 Å². The standard InChI is InChI=1S/C29H31NO8/c1-19(2)29(33)37-14-13-36-27-10-9-23(35-12-11-34-18-38-20(3)4)17-25(27)30-28(32)24-15-21-7-5-6-8-22(21)16-26(24)31/h5-10,15-17,31H,1,3,11-14,18H2,2,4H3,(H,30,32). The highest BCUT2D eigenvalue weighted by Gasteiger charge is 2.16. The Balaban J connectivity index is 1.72. The number of hydrogen-bond donors (Lipinski definition) is 2. The molecule has 2 N–H and O–H groups in total. The zero-order valence-corrected chi connectivity index (χ0v) is 21.5. The number of carbonyl (C=O) groups excluding carboxylic acids is 2. The maximum atomic E-state index is 13.1. The van der Waals surface area contributed by atoms with Crippen LogP contribution in [0.25, 0.3) is 10.8 Å². The SMILES string of the molecule is C=C(C)OCOCCOc1ccc(OCCOC(=O)C(=C)C)c(NC(=O)c2cc3ccccc3cc2O)c1. The molecule has 1 amide bonds. The van der Waals surface area contributed by atoms with Crippen LogP contribution in [-0.4, -0.2) is 50.2 Å². The van der Waals surface area contributed by atoms with Gasteiger partial charge in [-0.05, 0) is 48.9 Å². The third-order valence-corrected chi connectivity index (χ3v) is 5.12. The number of fused-ring (bicyclic) bond motifs is 1. The number of aromatic hydroxyl groups is 1. The van der Waals surface area contributed by atoms with Crippen molar-refractivity contribution in [3.63, 3.8) is 0 Å². The smallest absolute Gasteiger partial charge is 0.333 e. The van der Waals surface area contributed by atoms with Crippen molar-refractivity contribution in [3.05, 3.63) is 84.7 Å². The summed E-state index contributed by atoms with van der Waals surface area (Å²) in [5, 5.41) is 14.9. The summed E-state index contributed by atoms with van der Waals surface area (Å²) in [6.07, 6.45) is 0. The molecule has 3 aromatic rings. The van der Waals surface area contributed by atoms with E-state index in [1.165, 1.54) is 6.07 Å². The van der Waals surface area contributed by atoms with Crippen LogP contribution in [0.3, 0.4) is 0 Å². The molecule has 0 unspecified atom stereocenters. The zero-order valence-electron chi connectivity index (χ0n) is 21.5. The molecule has 0 spiro atoms. The Labute approximate surface area is 221 Å². The summed E-state index contributed by atoms with van der Waals surface area (Å²) < 4.78 is 27.0. The Bertz CT molecular complexity index is 1320. The van der Waals surface area contributed by atoms with Gasteiger partial charge in [0.15, 0.2) is 6.79 Å². The molecule has 200 valence electrons. The average Bonchev–Trinajstić information content (AvgIpc) is 2.88. The van der Waals surface area contributed by atoms with Gasteiger partial charge in [-0.15, -0.1) is 0 Å². The van der Waals surface area contributed by atoms with Crippen molar-refractivity contribution in [2.75, 3.05) is 38.5 Å². The minimum Gasteiger partial charge on any atom is -0.507 e. The highest BCUT2D eigenvalue weighted by Crippen LogP contribution is 2.32. The molecule has 38 heavy (non-hydrogen) atoms. The van der Waals surface area contributed by atoms with Crippen molar-refractivity contribution >= 4 is 28.3 Å². The maximum Gasteiger partial charge on any atom is 0.333 e. The molecule has 0 aliphatic rings. The Morgan fingerprint density at radius 2 is 1.58 bits per heavy atom. The number of rotatable bonds is 14. The number of nitrogens with one attached hydrogen (secondary N) is 1. The lowest BCUT2D eigenvalue weighted by molar-refractivity contribution is -0.139. The van der Waals surface area contributed by atoms with Gasteiger partial charge in [0.05, 0.1) is 23.6 Å². The third-order valence-electron chi connectivity index (χ3n) is 5.12. The van der Waals surface area contributed by atoms with Gasteiger partial charge in [0.1, 0.15) is 37.1 Å². The Hall–Kier alpha value is -4.50. The van der Waals surface area contributed by atoms with E-state index in [1.54, 1.807) is 38.1 Å². The van der Waals surface area contributed by atoms with Crippen LogP contribution in [0.4, 0.5) is 5.69 Å². The van der Waals surface area contributed by atoms with Crippen molar-refractivity contribution in [2.45, 2.75) is 13.8 Å². The van der Waals surface area contributed by atoms with Gasteiger partial charge in [-0.2, -0.15) is 0 Å². The van der Waals surface area contributed by atoms with Crippen molar-refractivity contribution in [1.29, 1.82) is 0 Å². The number of phenolic OH excluding ortho intramolecular Hbond substituents is 1. The molecular formula is C29H31NO8. The Kier molecular flexibility index (Phi) is 10.1. The first-order valence-corrected chi connectivity index (χ1v) is 11.9. The molecule has 3 aromatic carbocycles. The van der Waals surface area contributed by atoms with E-state index in [9.17, 15) is 14.7 Å². The predicted molar refractivity (Wildman–Crippen MR) is 143 cm³/mol. The van der Waals surface area contributed by atoms with E-state index in [1.807, 2.05) is 24.3 Å². The number of anilines is 1. The largest absolute Gasteiger partial charge is 0.507 e. The fourth-order valence-corrected chi connectivity index (χ4v) is 3.25. The van der Waals surface area contributed by atoms with Crippen molar-refractivity contribution in [2.24, 2.45) is 0 Å². The highest BCUT2D eigenvalue weighted by atomic mass is 16.7. The van der Waals surface area contributed by atoms with E-state index in [2.05, 4.69) is 18.5 Å². The van der Waals surface area contributed by atoms with Crippen molar-refractivity contribution in [3.8, 4) is 17.2 Å². The summed E-state index contributed by atoms with van der Waals surface area (Å²) in [4.78, 5) is 24.7. The molecule has 0 fully saturated rings. The van der Waals surface area contributed by atoms with Crippen LogP contribution in [0.1, 0.15) is 24.2 Å². The van der Waals surface area contributed by atoms with Gasteiger partial charge in [0.2, 0.25) is 0 Å². The van der Waals surface area contributed by atoms with Crippen LogP contribution in [0, 0.1) is 0 Å². The van der Waals surface area contributed by atoms with Gasteiger partial charge >= 0.3 is 5.97 Å². The second-order valence-electron chi connectivity index (χ2n) is 8.31. The molecule has 0 radical (unpaired) electrons. The quantitative estimate of drug-likeness (QED) is 0.0979. The summed E-state index contributed by atoms with van der Waals surface area (Å²) in [5.74, 6) is 0.111. The van der Waals surface area contributed by atoms with Gasteiger partial charge < -0.3 is 34.1 Å². The average molecular weight is 522 g/mol. The number of esters is 1. The molecule has 0 saturated carbocycles. The Morgan fingerprint density at radius 1 is 0.868 bits per heavy atom. The Morgan fingerprint density at radius 3 is 2.29 bits per heavy atom. The molecular weight excluding hydrogens is 490 g/mol. The number of hydrogen-bond acceptors (Lipinski definition) is 8. The molecule has 0 aliphatic heterocycles.